The first-order valence-corrected chi connectivity index (χ1v) is 13.0. The van der Waals surface area contributed by atoms with Gasteiger partial charge in [0.25, 0.3) is 5.91 Å². The summed E-state index contributed by atoms with van der Waals surface area (Å²) in [4.78, 5) is 29.8. The molecule has 5 rings (SSSR count). The van der Waals surface area contributed by atoms with Crippen molar-refractivity contribution in [3.8, 4) is 11.5 Å². The van der Waals surface area contributed by atoms with Crippen molar-refractivity contribution >= 4 is 22.7 Å². The molecule has 1 atom stereocenters. The fourth-order valence-electron chi connectivity index (χ4n) is 5.59. The summed E-state index contributed by atoms with van der Waals surface area (Å²) < 4.78 is 13.3. The number of rotatable bonds is 7. The standard InChI is InChI=1S/C29H35N3O4/c1-4-36-26-13-9-8-10-21(26)18-32-27(33)25-16-20-14-15-23(35-3)17-24(20)31(25)19-29(32,2)28(34)30-22-11-6-5-7-12-22/h8-10,13-17,22H,4-7,11-12,18-19H2,1-3H3,(H,30,34)/t29-/m0/s1. The highest BCUT2D eigenvalue weighted by atomic mass is 16.5. The number of amides is 2. The number of fused-ring (bicyclic) bond motifs is 3. The van der Waals surface area contributed by atoms with E-state index < -0.39 is 5.54 Å². The molecule has 0 unspecified atom stereocenters. The van der Waals surface area contributed by atoms with Crippen LogP contribution < -0.4 is 14.8 Å². The predicted octanol–water partition coefficient (Wildman–Crippen LogP) is 4.91. The number of carbonyl (C=O) groups excluding carboxylic acids is 2. The number of nitrogens with one attached hydrogen (secondary N) is 1. The molecule has 0 radical (unpaired) electrons. The van der Waals surface area contributed by atoms with E-state index in [-0.39, 0.29) is 24.4 Å². The molecule has 1 aliphatic carbocycles. The SMILES string of the molecule is CCOc1ccccc1CN1C(=O)c2cc3ccc(OC)cc3n2C[C@@]1(C)C(=O)NC1CCCCC1. The number of benzene rings is 2. The van der Waals surface area contributed by atoms with Crippen molar-refractivity contribution in [3.63, 3.8) is 0 Å². The Labute approximate surface area is 212 Å². The Hall–Kier alpha value is -3.48. The molecular weight excluding hydrogens is 454 g/mol. The van der Waals surface area contributed by atoms with Crippen LogP contribution in [-0.2, 0) is 17.9 Å². The van der Waals surface area contributed by atoms with Gasteiger partial charge >= 0.3 is 0 Å². The Bertz CT molecular complexity index is 1280. The third kappa shape index (κ3) is 4.31. The van der Waals surface area contributed by atoms with Gasteiger partial charge in [0, 0.05) is 23.1 Å². The van der Waals surface area contributed by atoms with Crippen LogP contribution >= 0.6 is 0 Å². The lowest BCUT2D eigenvalue weighted by Crippen LogP contribution is -2.64. The third-order valence-electron chi connectivity index (χ3n) is 7.67. The molecule has 1 fully saturated rings. The number of carbonyl (C=O) groups is 2. The van der Waals surface area contributed by atoms with Gasteiger partial charge in [-0.05, 0) is 51.0 Å². The first-order chi connectivity index (χ1) is 17.4. The molecule has 7 heteroatoms. The molecule has 1 N–H and O–H groups in total. The topological polar surface area (TPSA) is 72.8 Å². The van der Waals surface area contributed by atoms with Crippen LogP contribution in [0.2, 0.25) is 0 Å². The van der Waals surface area contributed by atoms with Gasteiger partial charge in [-0.1, -0.05) is 37.5 Å². The summed E-state index contributed by atoms with van der Waals surface area (Å²) in [7, 11) is 1.63. The quantitative estimate of drug-likeness (QED) is 0.512. The lowest BCUT2D eigenvalue weighted by Gasteiger charge is -2.45. The molecule has 2 heterocycles. The second-order valence-corrected chi connectivity index (χ2v) is 10.1. The van der Waals surface area contributed by atoms with E-state index in [1.165, 1.54) is 6.42 Å². The van der Waals surface area contributed by atoms with Crippen molar-refractivity contribution in [1.29, 1.82) is 0 Å². The minimum atomic E-state index is -1.07. The zero-order chi connectivity index (χ0) is 25.3. The average Bonchev–Trinajstić information content (AvgIpc) is 3.25. The van der Waals surface area contributed by atoms with Crippen LogP contribution in [0.4, 0.5) is 0 Å². The zero-order valence-corrected chi connectivity index (χ0v) is 21.4. The Kier molecular flexibility index (Phi) is 6.65. The molecule has 2 aliphatic rings. The Morgan fingerprint density at radius 2 is 1.89 bits per heavy atom. The second kappa shape index (κ2) is 9.88. The van der Waals surface area contributed by atoms with Crippen LogP contribution in [0, 0.1) is 0 Å². The maximum atomic E-state index is 14.1. The lowest BCUT2D eigenvalue weighted by molar-refractivity contribution is -0.134. The Morgan fingerprint density at radius 3 is 2.64 bits per heavy atom. The van der Waals surface area contributed by atoms with Gasteiger partial charge in [0.05, 0.1) is 32.3 Å². The van der Waals surface area contributed by atoms with E-state index in [0.717, 1.165) is 53.6 Å². The van der Waals surface area contributed by atoms with Crippen molar-refractivity contribution in [2.45, 2.75) is 70.6 Å². The lowest BCUT2D eigenvalue weighted by atomic mass is 9.91. The van der Waals surface area contributed by atoms with Crippen LogP contribution in [0.25, 0.3) is 10.9 Å². The summed E-state index contributed by atoms with van der Waals surface area (Å²) in [6, 6.07) is 15.6. The van der Waals surface area contributed by atoms with Crippen LogP contribution in [0.5, 0.6) is 11.5 Å². The minimum absolute atomic E-state index is 0.105. The smallest absolute Gasteiger partial charge is 0.271 e. The summed E-state index contributed by atoms with van der Waals surface area (Å²) >= 11 is 0. The summed E-state index contributed by atoms with van der Waals surface area (Å²) in [5, 5.41) is 4.25. The van der Waals surface area contributed by atoms with Crippen molar-refractivity contribution in [2.24, 2.45) is 0 Å². The van der Waals surface area contributed by atoms with E-state index in [0.29, 0.717) is 18.8 Å². The summed E-state index contributed by atoms with van der Waals surface area (Å²) in [6.45, 7) is 5.01. The fourth-order valence-corrected chi connectivity index (χ4v) is 5.59. The number of hydrogen-bond donors (Lipinski definition) is 1. The number of methoxy groups -OCH3 is 1. The molecule has 0 saturated heterocycles. The van der Waals surface area contributed by atoms with Crippen molar-refractivity contribution in [2.75, 3.05) is 13.7 Å². The van der Waals surface area contributed by atoms with Gasteiger partial charge < -0.3 is 24.3 Å². The molecule has 36 heavy (non-hydrogen) atoms. The largest absolute Gasteiger partial charge is 0.497 e. The number of aromatic nitrogens is 1. The maximum Gasteiger partial charge on any atom is 0.271 e. The number of para-hydroxylation sites is 1. The maximum absolute atomic E-state index is 14.1. The van der Waals surface area contributed by atoms with E-state index in [9.17, 15) is 9.59 Å². The predicted molar refractivity (Wildman–Crippen MR) is 139 cm³/mol. The van der Waals surface area contributed by atoms with Crippen molar-refractivity contribution in [3.05, 3.63) is 59.8 Å². The van der Waals surface area contributed by atoms with Gasteiger partial charge in [-0.25, -0.2) is 0 Å². The monoisotopic (exact) mass is 489 g/mol. The summed E-state index contributed by atoms with van der Waals surface area (Å²) in [5.74, 6) is 1.19. The molecule has 2 amide bonds. The fraction of sp³-hybridized carbons (Fsp3) is 0.448. The molecule has 190 valence electrons. The van der Waals surface area contributed by atoms with Crippen molar-refractivity contribution in [1.82, 2.24) is 14.8 Å². The third-order valence-corrected chi connectivity index (χ3v) is 7.67. The van der Waals surface area contributed by atoms with Gasteiger partial charge in [0.15, 0.2) is 0 Å². The van der Waals surface area contributed by atoms with Gasteiger partial charge in [-0.3, -0.25) is 9.59 Å². The molecule has 7 nitrogen and oxygen atoms in total. The van der Waals surface area contributed by atoms with E-state index in [4.69, 9.17) is 9.47 Å². The van der Waals surface area contributed by atoms with Gasteiger partial charge in [0.2, 0.25) is 5.91 Å². The number of hydrogen-bond acceptors (Lipinski definition) is 4. The molecule has 0 spiro atoms. The van der Waals surface area contributed by atoms with Gasteiger partial charge in [0.1, 0.15) is 22.7 Å². The summed E-state index contributed by atoms with van der Waals surface area (Å²) in [6.07, 6.45) is 5.43. The Morgan fingerprint density at radius 1 is 1.11 bits per heavy atom. The molecular formula is C29H35N3O4. The number of ether oxygens (including phenoxy) is 2. The second-order valence-electron chi connectivity index (χ2n) is 10.1. The molecule has 3 aromatic rings. The first-order valence-electron chi connectivity index (χ1n) is 13.0. The Balaban J connectivity index is 1.57. The minimum Gasteiger partial charge on any atom is -0.497 e. The highest BCUT2D eigenvalue weighted by Crippen LogP contribution is 2.36. The van der Waals surface area contributed by atoms with Gasteiger partial charge in [-0.15, -0.1) is 0 Å². The molecule has 2 aromatic carbocycles. The normalized spacial score (nSPS) is 20.3. The molecule has 1 saturated carbocycles. The van der Waals surface area contributed by atoms with Crippen molar-refractivity contribution < 1.29 is 19.1 Å². The highest BCUT2D eigenvalue weighted by molar-refractivity contribution is 6.03. The summed E-state index contributed by atoms with van der Waals surface area (Å²) in [5.41, 5.74) is 1.28. The van der Waals surface area contributed by atoms with E-state index >= 15 is 0 Å². The van der Waals surface area contributed by atoms with Crippen LogP contribution in [0.1, 0.15) is 62.0 Å². The zero-order valence-electron chi connectivity index (χ0n) is 21.4. The molecule has 1 aliphatic heterocycles. The molecule has 0 bridgehead atoms. The van der Waals surface area contributed by atoms with E-state index in [1.807, 2.05) is 66.9 Å². The van der Waals surface area contributed by atoms with Gasteiger partial charge in [-0.2, -0.15) is 0 Å². The molecule has 1 aromatic heterocycles. The van der Waals surface area contributed by atoms with Crippen LogP contribution in [-0.4, -0.2) is 46.6 Å². The van der Waals surface area contributed by atoms with Crippen LogP contribution in [0.15, 0.2) is 48.5 Å². The number of nitrogens with zero attached hydrogens (tertiary/aromatic N) is 2. The van der Waals surface area contributed by atoms with Crippen LogP contribution in [0.3, 0.4) is 0 Å². The highest BCUT2D eigenvalue weighted by Gasteiger charge is 2.48. The van der Waals surface area contributed by atoms with E-state index in [1.54, 1.807) is 12.0 Å². The first kappa shape index (κ1) is 24.2. The van der Waals surface area contributed by atoms with E-state index in [2.05, 4.69) is 5.32 Å². The average molecular weight is 490 g/mol.